The second kappa shape index (κ2) is 6.57. The first-order chi connectivity index (χ1) is 9.68. The number of anilines is 1. The average Bonchev–Trinajstić information content (AvgIpc) is 2.49. The summed E-state index contributed by atoms with van der Waals surface area (Å²) in [6.45, 7) is 4.20. The molecule has 20 heavy (non-hydrogen) atoms. The maximum atomic E-state index is 11.2. The zero-order valence-corrected chi connectivity index (χ0v) is 11.1. The number of nitrogens with one attached hydrogen (secondary N) is 1. The first-order valence-corrected chi connectivity index (χ1v) is 6.44. The van der Waals surface area contributed by atoms with E-state index in [9.17, 15) is 9.90 Å². The summed E-state index contributed by atoms with van der Waals surface area (Å²) in [5.41, 5.74) is 2.11. The Bertz CT molecular complexity index is 578. The van der Waals surface area contributed by atoms with Crippen LogP contribution in [0, 0.1) is 0 Å². The van der Waals surface area contributed by atoms with E-state index < -0.39 is 5.97 Å². The van der Waals surface area contributed by atoms with E-state index in [0.29, 0.717) is 6.54 Å². The van der Waals surface area contributed by atoms with Gasteiger partial charge in [-0.15, -0.1) is 0 Å². The van der Waals surface area contributed by atoms with Gasteiger partial charge in [-0.3, -0.25) is 0 Å². The Labute approximate surface area is 118 Å². The van der Waals surface area contributed by atoms with Gasteiger partial charge >= 0.3 is 5.97 Å². The van der Waals surface area contributed by atoms with Gasteiger partial charge in [0.15, 0.2) is 0 Å². The van der Waals surface area contributed by atoms with E-state index in [-0.39, 0.29) is 11.5 Å². The summed E-state index contributed by atoms with van der Waals surface area (Å²) in [5.74, 6) is -1.22. The van der Waals surface area contributed by atoms with Crippen LogP contribution in [0.25, 0.3) is 0 Å². The average molecular weight is 267 g/mol. The topological polar surface area (TPSA) is 49.3 Å². The number of hydrogen-bond acceptors (Lipinski definition) is 2. The van der Waals surface area contributed by atoms with E-state index >= 15 is 0 Å². The summed E-state index contributed by atoms with van der Waals surface area (Å²) in [6, 6.07) is 19.3. The maximum absolute atomic E-state index is 11.2. The van der Waals surface area contributed by atoms with Gasteiger partial charge in [-0.05, 0) is 17.7 Å². The van der Waals surface area contributed by atoms with Gasteiger partial charge in [0.05, 0.1) is 0 Å². The number of aliphatic carboxylic acids is 1. The number of carboxylic acids is 1. The van der Waals surface area contributed by atoms with E-state index in [4.69, 9.17) is 0 Å². The van der Waals surface area contributed by atoms with Crippen molar-refractivity contribution < 1.29 is 9.90 Å². The number of hydrogen-bond donors (Lipinski definition) is 2. The molecule has 0 heterocycles. The third kappa shape index (κ3) is 3.48. The van der Waals surface area contributed by atoms with Crippen molar-refractivity contribution in [2.24, 2.45) is 0 Å². The van der Waals surface area contributed by atoms with E-state index in [0.717, 1.165) is 11.3 Å². The van der Waals surface area contributed by atoms with Crippen molar-refractivity contribution in [2.75, 3.05) is 11.9 Å². The molecule has 2 rings (SSSR count). The molecule has 0 amide bonds. The van der Waals surface area contributed by atoms with Gasteiger partial charge in [0.2, 0.25) is 0 Å². The predicted molar refractivity (Wildman–Crippen MR) is 80.9 cm³/mol. The minimum atomic E-state index is -0.964. The standard InChI is InChI=1S/C17H17NO2/c1-13(17(19)20)16(14-8-4-2-5-9-14)12-18-15-10-6-3-7-11-15/h2-11,16,18H,1,12H2,(H,19,20). The van der Waals surface area contributed by atoms with E-state index in [1.807, 2.05) is 60.7 Å². The Morgan fingerprint density at radius 2 is 1.60 bits per heavy atom. The Morgan fingerprint density at radius 3 is 2.15 bits per heavy atom. The molecular weight excluding hydrogens is 250 g/mol. The molecule has 2 aromatic carbocycles. The van der Waals surface area contributed by atoms with Gasteiger partial charge in [-0.1, -0.05) is 55.1 Å². The van der Waals surface area contributed by atoms with Crippen LogP contribution in [0.5, 0.6) is 0 Å². The summed E-state index contributed by atoms with van der Waals surface area (Å²) >= 11 is 0. The number of rotatable bonds is 6. The molecule has 0 aliphatic carbocycles. The molecule has 3 nitrogen and oxygen atoms in total. The molecule has 1 atom stereocenters. The molecule has 0 bridgehead atoms. The van der Waals surface area contributed by atoms with Crippen LogP contribution >= 0.6 is 0 Å². The van der Waals surface area contributed by atoms with Gasteiger partial charge in [-0.25, -0.2) is 4.79 Å². The van der Waals surface area contributed by atoms with Crippen molar-refractivity contribution in [3.8, 4) is 0 Å². The maximum Gasteiger partial charge on any atom is 0.331 e. The van der Waals surface area contributed by atoms with Crippen molar-refractivity contribution >= 4 is 11.7 Å². The fourth-order valence-corrected chi connectivity index (χ4v) is 2.05. The highest BCUT2D eigenvalue weighted by atomic mass is 16.4. The second-order valence-corrected chi connectivity index (χ2v) is 4.54. The monoisotopic (exact) mass is 267 g/mol. The molecule has 102 valence electrons. The lowest BCUT2D eigenvalue weighted by Crippen LogP contribution is -2.18. The highest BCUT2D eigenvalue weighted by Crippen LogP contribution is 2.24. The largest absolute Gasteiger partial charge is 0.478 e. The van der Waals surface area contributed by atoms with E-state index in [2.05, 4.69) is 11.9 Å². The molecule has 3 heteroatoms. The van der Waals surface area contributed by atoms with Gasteiger partial charge in [0, 0.05) is 23.7 Å². The van der Waals surface area contributed by atoms with Crippen LogP contribution in [-0.4, -0.2) is 17.6 Å². The molecule has 0 aromatic heterocycles. The Hall–Kier alpha value is -2.55. The smallest absolute Gasteiger partial charge is 0.331 e. The van der Waals surface area contributed by atoms with Crippen LogP contribution in [0.4, 0.5) is 5.69 Å². The fraction of sp³-hybridized carbons (Fsp3) is 0.118. The third-order valence-corrected chi connectivity index (χ3v) is 3.18. The van der Waals surface area contributed by atoms with Gasteiger partial charge < -0.3 is 10.4 Å². The van der Waals surface area contributed by atoms with Crippen LogP contribution in [0.15, 0.2) is 72.8 Å². The lowest BCUT2D eigenvalue weighted by Gasteiger charge is -2.19. The molecule has 0 aliphatic rings. The molecular formula is C17H17NO2. The second-order valence-electron chi connectivity index (χ2n) is 4.54. The SMILES string of the molecule is C=C(C(=O)O)C(CNc1ccccc1)c1ccccc1. The third-order valence-electron chi connectivity index (χ3n) is 3.18. The minimum Gasteiger partial charge on any atom is -0.478 e. The van der Waals surface area contributed by atoms with Gasteiger partial charge in [0.25, 0.3) is 0 Å². The van der Waals surface area contributed by atoms with Gasteiger partial charge in [-0.2, -0.15) is 0 Å². The molecule has 1 unspecified atom stereocenters. The molecule has 2 aromatic rings. The molecule has 0 saturated carbocycles. The van der Waals surface area contributed by atoms with Crippen molar-refractivity contribution in [3.05, 3.63) is 78.4 Å². The number of carboxylic acid groups (broad SMARTS) is 1. The van der Waals surface area contributed by atoms with Crippen molar-refractivity contribution in [2.45, 2.75) is 5.92 Å². The Balaban J connectivity index is 2.15. The summed E-state index contributed by atoms with van der Waals surface area (Å²) in [7, 11) is 0. The normalized spacial score (nSPS) is 11.6. The van der Waals surface area contributed by atoms with E-state index in [1.54, 1.807) is 0 Å². The van der Waals surface area contributed by atoms with Crippen LogP contribution in [0.3, 0.4) is 0 Å². The zero-order valence-electron chi connectivity index (χ0n) is 11.1. The Kier molecular flexibility index (Phi) is 4.56. The van der Waals surface area contributed by atoms with Crippen LogP contribution in [0.2, 0.25) is 0 Å². The highest BCUT2D eigenvalue weighted by molar-refractivity contribution is 5.87. The molecule has 0 saturated heterocycles. The van der Waals surface area contributed by atoms with E-state index in [1.165, 1.54) is 0 Å². The van der Waals surface area contributed by atoms with Crippen LogP contribution < -0.4 is 5.32 Å². The van der Waals surface area contributed by atoms with Crippen molar-refractivity contribution in [1.29, 1.82) is 0 Å². The highest BCUT2D eigenvalue weighted by Gasteiger charge is 2.20. The molecule has 0 aliphatic heterocycles. The summed E-state index contributed by atoms with van der Waals surface area (Å²) in [4.78, 5) is 11.2. The lowest BCUT2D eigenvalue weighted by molar-refractivity contribution is -0.132. The lowest BCUT2D eigenvalue weighted by atomic mass is 9.92. The van der Waals surface area contributed by atoms with Gasteiger partial charge in [0.1, 0.15) is 0 Å². The number of benzene rings is 2. The molecule has 0 spiro atoms. The molecule has 2 N–H and O–H groups in total. The van der Waals surface area contributed by atoms with Crippen LogP contribution in [-0.2, 0) is 4.79 Å². The Morgan fingerprint density at radius 1 is 1.05 bits per heavy atom. The quantitative estimate of drug-likeness (QED) is 0.787. The fourth-order valence-electron chi connectivity index (χ4n) is 2.05. The summed E-state index contributed by atoms with van der Waals surface area (Å²) in [5, 5.41) is 12.4. The van der Waals surface area contributed by atoms with Crippen molar-refractivity contribution in [1.82, 2.24) is 0 Å². The first kappa shape index (κ1) is 13.9. The minimum absolute atomic E-state index is 0.194. The summed E-state index contributed by atoms with van der Waals surface area (Å²) in [6.07, 6.45) is 0. The predicted octanol–water partition coefficient (Wildman–Crippen LogP) is 3.52. The summed E-state index contributed by atoms with van der Waals surface area (Å²) < 4.78 is 0. The zero-order chi connectivity index (χ0) is 14.4. The van der Waals surface area contributed by atoms with Crippen LogP contribution in [0.1, 0.15) is 11.5 Å². The number of para-hydroxylation sites is 1. The molecule has 0 fully saturated rings. The molecule has 0 radical (unpaired) electrons. The number of carbonyl (C=O) groups is 1. The van der Waals surface area contributed by atoms with Crippen molar-refractivity contribution in [3.63, 3.8) is 0 Å². The first-order valence-electron chi connectivity index (χ1n) is 6.44.